The van der Waals surface area contributed by atoms with Crippen LogP contribution < -0.4 is 11.5 Å². The zero-order chi connectivity index (χ0) is 10.8. The fourth-order valence-electron chi connectivity index (χ4n) is 1.32. The van der Waals surface area contributed by atoms with Gasteiger partial charge in [-0.1, -0.05) is 9.79 Å². The Morgan fingerprint density at radius 1 is 1.57 bits per heavy atom. The van der Waals surface area contributed by atoms with Crippen molar-refractivity contribution in [3.05, 3.63) is 0 Å². The van der Waals surface area contributed by atoms with Gasteiger partial charge < -0.3 is 11.5 Å². The summed E-state index contributed by atoms with van der Waals surface area (Å²) in [5.41, 5.74) is 11.2. The Morgan fingerprint density at radius 2 is 2.21 bits per heavy atom. The van der Waals surface area contributed by atoms with Gasteiger partial charge in [-0.15, -0.1) is 0 Å². The van der Waals surface area contributed by atoms with Gasteiger partial charge >= 0.3 is 6.01 Å². The number of hydrazone groups is 1. The molecular formula is C8H15N6+. The molecule has 0 saturated heterocycles. The fraction of sp³-hybridized carbons (Fsp3) is 0.625. The summed E-state index contributed by atoms with van der Waals surface area (Å²) in [6.07, 6.45) is 0.886. The Hall–Kier alpha value is -1.68. The number of nitrogens with zero attached hydrogens (tertiary/aromatic N) is 4. The smallest absolute Gasteiger partial charge is 0.367 e. The van der Waals surface area contributed by atoms with Crippen molar-refractivity contribution < 1.29 is 4.68 Å². The lowest BCUT2D eigenvalue weighted by Gasteiger charge is -2.10. The lowest BCUT2D eigenvalue weighted by atomic mass is 10.0. The van der Waals surface area contributed by atoms with Crippen LogP contribution in [0.25, 0.3) is 0 Å². The summed E-state index contributed by atoms with van der Waals surface area (Å²) < 4.78 is 1.63. The highest BCUT2D eigenvalue weighted by Gasteiger charge is 2.34. The van der Waals surface area contributed by atoms with Gasteiger partial charge in [0.25, 0.3) is 0 Å². The van der Waals surface area contributed by atoms with Crippen LogP contribution in [0.2, 0.25) is 0 Å². The summed E-state index contributed by atoms with van der Waals surface area (Å²) in [5, 5.41) is 11.3. The van der Waals surface area contributed by atoms with Crippen molar-refractivity contribution in [3.63, 3.8) is 0 Å². The van der Waals surface area contributed by atoms with Crippen LogP contribution in [0.15, 0.2) is 15.3 Å². The minimum absolute atomic E-state index is 0.0878. The summed E-state index contributed by atoms with van der Waals surface area (Å²) in [7, 11) is 0. The van der Waals surface area contributed by atoms with Crippen LogP contribution in [-0.2, 0) is 0 Å². The molecule has 0 aromatic heterocycles. The molecular weight excluding hydrogens is 180 g/mol. The average Bonchev–Trinajstić information content (AvgIpc) is 2.24. The van der Waals surface area contributed by atoms with Gasteiger partial charge in [-0.3, -0.25) is 0 Å². The van der Waals surface area contributed by atoms with Gasteiger partial charge in [0.2, 0.25) is 5.96 Å². The first-order valence-corrected chi connectivity index (χ1v) is 4.30. The number of rotatable bonds is 1. The molecule has 0 aromatic carbocycles. The standard InChI is InChI=1S/C8H15N6/c1-6-4-8(2,3)14(13-6)5-11-12-7(9)10/h4H2,1-3H3,(H4,9,10,12)/q+1. The lowest BCUT2D eigenvalue weighted by molar-refractivity contribution is -0.590. The molecule has 1 heterocycles. The monoisotopic (exact) mass is 195 g/mol. The first-order chi connectivity index (χ1) is 6.42. The number of nitrogens with two attached hydrogens (primary N) is 2. The molecule has 6 nitrogen and oxygen atoms in total. The zero-order valence-corrected chi connectivity index (χ0v) is 8.65. The van der Waals surface area contributed by atoms with E-state index in [0.717, 1.165) is 12.1 Å². The van der Waals surface area contributed by atoms with E-state index in [2.05, 4.69) is 21.3 Å². The molecule has 0 bridgehead atoms. The minimum Gasteiger partial charge on any atom is -0.367 e. The summed E-state index contributed by atoms with van der Waals surface area (Å²) in [5.74, 6) is -0.0878. The third kappa shape index (κ3) is 2.40. The number of hydrogen-bond acceptors (Lipinski definition) is 3. The Kier molecular flexibility index (Phi) is 2.67. The van der Waals surface area contributed by atoms with E-state index in [4.69, 9.17) is 11.5 Å². The summed E-state index contributed by atoms with van der Waals surface area (Å²) in [4.78, 5) is 0. The van der Waals surface area contributed by atoms with Crippen LogP contribution in [0, 0.1) is 0 Å². The van der Waals surface area contributed by atoms with Crippen molar-refractivity contribution in [2.75, 3.05) is 0 Å². The molecule has 0 amide bonds. The van der Waals surface area contributed by atoms with E-state index in [1.807, 2.05) is 20.8 Å². The molecule has 0 unspecified atom stereocenters. The normalized spacial score (nSPS) is 18.5. The largest absolute Gasteiger partial charge is 0.369 e. The van der Waals surface area contributed by atoms with Crippen molar-refractivity contribution in [1.29, 1.82) is 0 Å². The molecule has 1 aliphatic heterocycles. The summed E-state index contributed by atoms with van der Waals surface area (Å²) in [6.45, 7) is 6.06. The first kappa shape index (κ1) is 10.4. The van der Waals surface area contributed by atoms with Gasteiger partial charge in [-0.2, -0.15) is 0 Å². The highest BCUT2D eigenvalue weighted by Crippen LogP contribution is 2.20. The molecule has 0 atom stereocenters. The topological polar surface area (TPSA) is 92.1 Å². The van der Waals surface area contributed by atoms with Crippen molar-refractivity contribution >= 4 is 17.7 Å². The summed E-state index contributed by atoms with van der Waals surface area (Å²) >= 11 is 0. The third-order valence-corrected chi connectivity index (χ3v) is 1.84. The zero-order valence-electron chi connectivity index (χ0n) is 8.65. The van der Waals surface area contributed by atoms with Gasteiger partial charge in [-0.05, 0) is 20.8 Å². The highest BCUT2D eigenvalue weighted by molar-refractivity contribution is 5.83. The average molecular weight is 195 g/mol. The van der Waals surface area contributed by atoms with E-state index < -0.39 is 0 Å². The molecule has 0 aliphatic carbocycles. The van der Waals surface area contributed by atoms with Crippen LogP contribution in [0.5, 0.6) is 0 Å². The second-order valence-corrected chi connectivity index (χ2v) is 3.86. The van der Waals surface area contributed by atoms with E-state index in [0.29, 0.717) is 0 Å². The molecule has 0 fully saturated rings. The van der Waals surface area contributed by atoms with Crippen LogP contribution in [0.4, 0.5) is 0 Å². The first-order valence-electron chi connectivity index (χ1n) is 4.30. The van der Waals surface area contributed by atoms with Crippen LogP contribution in [0.1, 0.15) is 27.2 Å². The molecule has 1 aliphatic rings. The van der Waals surface area contributed by atoms with Gasteiger partial charge in [0.15, 0.2) is 0 Å². The molecule has 0 spiro atoms. The third-order valence-electron chi connectivity index (χ3n) is 1.84. The maximum Gasteiger partial charge on any atom is 0.369 e. The molecule has 0 saturated carbocycles. The van der Waals surface area contributed by atoms with E-state index >= 15 is 0 Å². The Labute approximate surface area is 82.7 Å². The second-order valence-electron chi connectivity index (χ2n) is 3.86. The molecule has 0 radical (unpaired) electrons. The van der Waals surface area contributed by atoms with E-state index in [1.54, 1.807) is 4.68 Å². The number of guanidine groups is 1. The molecule has 4 N–H and O–H groups in total. The van der Waals surface area contributed by atoms with Crippen molar-refractivity contribution in [2.45, 2.75) is 32.7 Å². The Morgan fingerprint density at radius 3 is 2.64 bits per heavy atom. The molecule has 14 heavy (non-hydrogen) atoms. The van der Waals surface area contributed by atoms with Gasteiger partial charge in [-0.25, -0.2) is 0 Å². The quantitative estimate of drug-likeness (QED) is 0.265. The van der Waals surface area contributed by atoms with Gasteiger partial charge in [0, 0.05) is 11.5 Å². The fourth-order valence-corrected chi connectivity index (χ4v) is 1.32. The van der Waals surface area contributed by atoms with Crippen LogP contribution in [0.3, 0.4) is 0 Å². The molecule has 76 valence electrons. The maximum absolute atomic E-state index is 5.11. The van der Waals surface area contributed by atoms with Crippen LogP contribution in [-0.4, -0.2) is 27.9 Å². The number of hydrogen-bond donors (Lipinski definition) is 2. The maximum atomic E-state index is 5.11. The Balaban J connectivity index is 2.98. The minimum atomic E-state index is -0.105. The predicted octanol–water partition coefficient (Wildman–Crippen LogP) is -0.0806. The van der Waals surface area contributed by atoms with Crippen LogP contribution >= 0.6 is 0 Å². The SMILES string of the molecule is CC1=N[N+](=C=NN=C(N)N)C(C)(C)C1. The predicted molar refractivity (Wildman–Crippen MR) is 55.3 cm³/mol. The highest BCUT2D eigenvalue weighted by atomic mass is 15.4. The van der Waals surface area contributed by atoms with Crippen molar-refractivity contribution in [2.24, 2.45) is 26.8 Å². The van der Waals surface area contributed by atoms with Crippen molar-refractivity contribution in [1.82, 2.24) is 0 Å². The Bertz CT molecular complexity index is 352. The van der Waals surface area contributed by atoms with E-state index in [-0.39, 0.29) is 11.5 Å². The molecule has 0 aromatic rings. The molecule has 1 rings (SSSR count). The molecule has 6 heteroatoms. The lowest BCUT2D eigenvalue weighted by Crippen LogP contribution is -2.28. The van der Waals surface area contributed by atoms with Gasteiger partial charge in [0.05, 0.1) is 5.71 Å². The van der Waals surface area contributed by atoms with E-state index in [9.17, 15) is 0 Å². The van der Waals surface area contributed by atoms with Crippen molar-refractivity contribution in [3.8, 4) is 0 Å². The van der Waals surface area contributed by atoms with Gasteiger partial charge in [0.1, 0.15) is 10.6 Å². The second kappa shape index (κ2) is 3.59. The summed E-state index contributed by atoms with van der Waals surface area (Å²) in [6, 6.07) is 2.66. The van der Waals surface area contributed by atoms with E-state index in [1.165, 1.54) is 0 Å².